The molecule has 2 N–H and O–H groups in total. The van der Waals surface area contributed by atoms with Crippen LogP contribution in [-0.4, -0.2) is 37.7 Å². The number of amides is 3. The van der Waals surface area contributed by atoms with Crippen LogP contribution in [0, 0.1) is 0 Å². The molecule has 2 aromatic carbocycles. The number of nitrogens with zero attached hydrogens (tertiary/aromatic N) is 1. The van der Waals surface area contributed by atoms with E-state index in [0.29, 0.717) is 19.5 Å². The van der Waals surface area contributed by atoms with Crippen LogP contribution >= 0.6 is 0 Å². The second-order valence-corrected chi connectivity index (χ2v) is 7.98. The van der Waals surface area contributed by atoms with Crippen molar-refractivity contribution >= 4 is 23.3 Å². The van der Waals surface area contributed by atoms with Gasteiger partial charge in [-0.15, -0.1) is 0 Å². The van der Waals surface area contributed by atoms with Crippen molar-refractivity contribution in [1.82, 2.24) is 5.32 Å². The third-order valence-electron chi connectivity index (χ3n) is 5.73. The minimum atomic E-state index is -0.119. The van der Waals surface area contributed by atoms with Crippen LogP contribution in [-0.2, 0) is 22.4 Å². The van der Waals surface area contributed by atoms with E-state index >= 15 is 0 Å². The van der Waals surface area contributed by atoms with Crippen LogP contribution in [0.15, 0.2) is 48.5 Å². The maximum Gasteiger partial charge on any atom is 0.326 e. The number of carbonyl (C=O) groups excluding carboxylic acids is 2. The normalized spacial score (nSPS) is 18.4. The SMILES string of the molecule is O=C(Cc1ccc(NC(=O)N2CCCCc3ccccc32)cc1)NC[C@@H]1CCCO1. The highest BCUT2D eigenvalue weighted by Crippen LogP contribution is 2.26. The summed E-state index contributed by atoms with van der Waals surface area (Å²) in [6, 6.07) is 15.5. The lowest BCUT2D eigenvalue weighted by atomic mass is 10.1. The molecule has 1 fully saturated rings. The summed E-state index contributed by atoms with van der Waals surface area (Å²) in [5.74, 6) is -0.0107. The molecule has 30 heavy (non-hydrogen) atoms. The monoisotopic (exact) mass is 407 g/mol. The minimum absolute atomic E-state index is 0.0107. The molecule has 0 saturated carbocycles. The second kappa shape index (κ2) is 9.76. The molecule has 3 amide bonds. The fraction of sp³-hybridized carbons (Fsp3) is 0.417. The van der Waals surface area contributed by atoms with Gasteiger partial charge in [0, 0.05) is 31.1 Å². The number of anilines is 2. The van der Waals surface area contributed by atoms with Crippen molar-refractivity contribution in [3.8, 4) is 0 Å². The first-order chi connectivity index (χ1) is 14.7. The van der Waals surface area contributed by atoms with E-state index in [9.17, 15) is 9.59 Å². The van der Waals surface area contributed by atoms with Gasteiger partial charge < -0.3 is 15.4 Å². The van der Waals surface area contributed by atoms with E-state index in [-0.39, 0.29) is 18.0 Å². The fourth-order valence-corrected chi connectivity index (χ4v) is 4.08. The highest BCUT2D eigenvalue weighted by Gasteiger charge is 2.21. The molecule has 0 aromatic heterocycles. The molecule has 6 nitrogen and oxygen atoms in total. The maximum absolute atomic E-state index is 12.9. The van der Waals surface area contributed by atoms with Gasteiger partial charge in [-0.3, -0.25) is 9.69 Å². The summed E-state index contributed by atoms with van der Waals surface area (Å²) in [5.41, 5.74) is 3.85. The Morgan fingerprint density at radius 2 is 1.87 bits per heavy atom. The molecule has 2 aliphatic heterocycles. The van der Waals surface area contributed by atoms with E-state index in [1.807, 2.05) is 47.4 Å². The molecule has 0 aliphatic carbocycles. The molecule has 2 aromatic rings. The molecule has 0 unspecified atom stereocenters. The number of hydrogen-bond donors (Lipinski definition) is 2. The summed E-state index contributed by atoms with van der Waals surface area (Å²) in [6.07, 6.45) is 5.62. The van der Waals surface area contributed by atoms with Crippen molar-refractivity contribution in [2.75, 3.05) is 29.9 Å². The summed E-state index contributed by atoms with van der Waals surface area (Å²) in [6.45, 7) is 2.08. The number of aryl methyl sites for hydroxylation is 1. The van der Waals surface area contributed by atoms with Gasteiger partial charge in [0.05, 0.1) is 12.5 Å². The molecule has 0 bridgehead atoms. The molecule has 0 spiro atoms. The zero-order valence-electron chi connectivity index (χ0n) is 17.2. The van der Waals surface area contributed by atoms with Crippen LogP contribution < -0.4 is 15.5 Å². The third-order valence-corrected chi connectivity index (χ3v) is 5.73. The van der Waals surface area contributed by atoms with Crippen molar-refractivity contribution in [3.63, 3.8) is 0 Å². The first-order valence-corrected chi connectivity index (χ1v) is 10.8. The van der Waals surface area contributed by atoms with Crippen LogP contribution in [0.1, 0.15) is 36.8 Å². The number of benzene rings is 2. The highest BCUT2D eigenvalue weighted by molar-refractivity contribution is 6.02. The molecule has 4 rings (SSSR count). The van der Waals surface area contributed by atoms with Crippen molar-refractivity contribution in [2.24, 2.45) is 0 Å². The van der Waals surface area contributed by atoms with Crippen LogP contribution in [0.5, 0.6) is 0 Å². The Labute approximate surface area is 177 Å². The number of urea groups is 1. The smallest absolute Gasteiger partial charge is 0.326 e. The minimum Gasteiger partial charge on any atom is -0.376 e. The number of ether oxygens (including phenoxy) is 1. The fourth-order valence-electron chi connectivity index (χ4n) is 4.08. The Hall–Kier alpha value is -2.86. The second-order valence-electron chi connectivity index (χ2n) is 7.98. The van der Waals surface area contributed by atoms with Crippen molar-refractivity contribution in [2.45, 2.75) is 44.6 Å². The number of rotatable bonds is 5. The summed E-state index contributed by atoms with van der Waals surface area (Å²) in [4.78, 5) is 26.9. The van der Waals surface area contributed by atoms with Gasteiger partial charge >= 0.3 is 6.03 Å². The number of nitrogens with one attached hydrogen (secondary N) is 2. The summed E-state index contributed by atoms with van der Waals surface area (Å²) < 4.78 is 5.53. The van der Waals surface area contributed by atoms with Gasteiger partial charge in [0.25, 0.3) is 0 Å². The maximum atomic E-state index is 12.9. The van der Waals surface area contributed by atoms with E-state index in [4.69, 9.17) is 4.74 Å². The average Bonchev–Trinajstić information content (AvgIpc) is 3.19. The molecule has 1 saturated heterocycles. The summed E-state index contributed by atoms with van der Waals surface area (Å²) >= 11 is 0. The Bertz CT molecular complexity index is 876. The molecule has 1 atom stereocenters. The number of hydrogen-bond acceptors (Lipinski definition) is 3. The van der Waals surface area contributed by atoms with E-state index in [0.717, 1.165) is 55.6 Å². The molecule has 2 heterocycles. The lowest BCUT2D eigenvalue weighted by Crippen LogP contribution is -2.35. The average molecular weight is 408 g/mol. The van der Waals surface area contributed by atoms with Crippen molar-refractivity contribution < 1.29 is 14.3 Å². The first-order valence-electron chi connectivity index (χ1n) is 10.8. The standard InChI is InChI=1S/C24H29N3O3/c28-23(25-17-21-8-5-15-30-21)16-18-10-12-20(13-11-18)26-24(29)27-14-4-3-7-19-6-1-2-9-22(19)27/h1-2,6,9-13,21H,3-5,7-8,14-17H2,(H,25,28)(H,26,29)/t21-/m0/s1. The van der Waals surface area contributed by atoms with Crippen molar-refractivity contribution in [1.29, 1.82) is 0 Å². The Balaban J connectivity index is 1.32. The van der Waals surface area contributed by atoms with E-state index in [2.05, 4.69) is 16.7 Å². The van der Waals surface area contributed by atoms with Crippen LogP contribution in [0.25, 0.3) is 0 Å². The Morgan fingerprint density at radius 3 is 2.67 bits per heavy atom. The third kappa shape index (κ3) is 5.19. The Kier molecular flexibility index (Phi) is 6.64. The first kappa shape index (κ1) is 20.4. The van der Waals surface area contributed by atoms with Gasteiger partial charge in [-0.05, 0) is 61.4 Å². The van der Waals surface area contributed by atoms with Gasteiger partial charge in [0.2, 0.25) is 5.91 Å². The topological polar surface area (TPSA) is 70.7 Å². The van der Waals surface area contributed by atoms with Gasteiger partial charge in [-0.2, -0.15) is 0 Å². The number of fused-ring (bicyclic) bond motifs is 1. The largest absolute Gasteiger partial charge is 0.376 e. The van der Waals surface area contributed by atoms with Crippen LogP contribution in [0.4, 0.5) is 16.2 Å². The van der Waals surface area contributed by atoms with Crippen LogP contribution in [0.2, 0.25) is 0 Å². The molecule has 2 aliphatic rings. The summed E-state index contributed by atoms with van der Waals surface area (Å²) in [5, 5.41) is 5.93. The lowest BCUT2D eigenvalue weighted by molar-refractivity contribution is -0.120. The van der Waals surface area contributed by atoms with E-state index in [1.54, 1.807) is 0 Å². The van der Waals surface area contributed by atoms with E-state index < -0.39 is 0 Å². The molecule has 158 valence electrons. The van der Waals surface area contributed by atoms with Gasteiger partial charge in [-0.1, -0.05) is 30.3 Å². The Morgan fingerprint density at radius 1 is 1.03 bits per heavy atom. The number of carbonyl (C=O) groups is 2. The van der Waals surface area contributed by atoms with Gasteiger partial charge in [0.1, 0.15) is 0 Å². The van der Waals surface area contributed by atoms with Crippen LogP contribution in [0.3, 0.4) is 0 Å². The molecular weight excluding hydrogens is 378 g/mol. The van der Waals surface area contributed by atoms with Crippen molar-refractivity contribution in [3.05, 3.63) is 59.7 Å². The predicted octanol–water partition coefficient (Wildman–Crippen LogP) is 3.90. The highest BCUT2D eigenvalue weighted by atomic mass is 16.5. The van der Waals surface area contributed by atoms with E-state index in [1.165, 1.54) is 5.56 Å². The van der Waals surface area contributed by atoms with Gasteiger partial charge in [-0.25, -0.2) is 4.79 Å². The zero-order valence-corrected chi connectivity index (χ0v) is 17.2. The zero-order chi connectivity index (χ0) is 20.8. The molecular formula is C24H29N3O3. The number of para-hydroxylation sites is 1. The summed E-state index contributed by atoms with van der Waals surface area (Å²) in [7, 11) is 0. The quantitative estimate of drug-likeness (QED) is 0.790. The predicted molar refractivity (Wildman–Crippen MR) is 118 cm³/mol. The van der Waals surface area contributed by atoms with Gasteiger partial charge in [0.15, 0.2) is 0 Å². The lowest BCUT2D eigenvalue weighted by Gasteiger charge is -2.23. The molecule has 0 radical (unpaired) electrons. The molecule has 6 heteroatoms.